The molecule has 6 heteroatoms. The van der Waals surface area contributed by atoms with E-state index < -0.39 is 5.91 Å². The predicted molar refractivity (Wildman–Crippen MR) is 106 cm³/mol. The highest BCUT2D eigenvalue weighted by atomic mass is 16.1. The highest BCUT2D eigenvalue weighted by molar-refractivity contribution is 5.97. The summed E-state index contributed by atoms with van der Waals surface area (Å²) >= 11 is 0. The van der Waals surface area contributed by atoms with Crippen LogP contribution in [0.2, 0.25) is 0 Å². The number of piperidine rings is 1. The molecule has 2 aliphatic rings. The van der Waals surface area contributed by atoms with Crippen molar-refractivity contribution in [2.45, 2.75) is 25.3 Å². The largest absolute Gasteiger partial charge is 0.365 e. The molecule has 3 unspecified atom stereocenters. The molecule has 0 spiro atoms. The minimum Gasteiger partial charge on any atom is -0.365 e. The Morgan fingerprint density at radius 3 is 2.89 bits per heavy atom. The molecule has 2 aliphatic heterocycles. The number of anilines is 1. The number of hydrogen-bond donors (Lipinski definition) is 3. The van der Waals surface area contributed by atoms with Crippen LogP contribution < -0.4 is 21.5 Å². The van der Waals surface area contributed by atoms with E-state index in [0.717, 1.165) is 38.3 Å². The summed E-state index contributed by atoms with van der Waals surface area (Å²) in [5, 5.41) is 0. The highest BCUT2D eigenvalue weighted by Gasteiger charge is 2.36. The Balaban J connectivity index is 1.49. The molecule has 0 bridgehead atoms. The average molecular weight is 365 g/mol. The fourth-order valence-corrected chi connectivity index (χ4v) is 4.51. The van der Waals surface area contributed by atoms with E-state index in [9.17, 15) is 4.79 Å². The maximum absolute atomic E-state index is 11.8. The lowest BCUT2D eigenvalue weighted by Gasteiger charge is -2.38. The summed E-state index contributed by atoms with van der Waals surface area (Å²) in [7, 11) is 0. The summed E-state index contributed by atoms with van der Waals surface area (Å²) in [5.41, 5.74) is 14.3. The van der Waals surface area contributed by atoms with Crippen LogP contribution in [0.3, 0.4) is 0 Å². The van der Waals surface area contributed by atoms with Gasteiger partial charge in [-0.2, -0.15) is 0 Å². The van der Waals surface area contributed by atoms with Gasteiger partial charge in [-0.05, 0) is 48.8 Å². The van der Waals surface area contributed by atoms with Gasteiger partial charge < -0.3 is 10.6 Å². The van der Waals surface area contributed by atoms with Gasteiger partial charge in [-0.1, -0.05) is 30.3 Å². The third kappa shape index (κ3) is 3.96. The van der Waals surface area contributed by atoms with Crippen LogP contribution in [0.15, 0.2) is 48.7 Å². The summed E-state index contributed by atoms with van der Waals surface area (Å²) in [6.45, 7) is 2.78. The topological polar surface area (TPSA) is 83.3 Å². The first-order valence-corrected chi connectivity index (χ1v) is 9.74. The molecule has 2 fully saturated rings. The second-order valence-electron chi connectivity index (χ2n) is 7.59. The monoisotopic (exact) mass is 365 g/mol. The van der Waals surface area contributed by atoms with Crippen molar-refractivity contribution in [2.24, 2.45) is 17.6 Å². The molecule has 142 valence electrons. The number of nitrogens with one attached hydrogen (secondary N) is 2. The number of hydrazine groups is 1. The van der Waals surface area contributed by atoms with E-state index in [0.29, 0.717) is 23.4 Å². The average Bonchev–Trinajstić information content (AvgIpc) is 3.17. The number of rotatable bonds is 5. The molecule has 2 saturated heterocycles. The minimum absolute atomic E-state index is 0.411. The van der Waals surface area contributed by atoms with Crippen molar-refractivity contribution >= 4 is 11.7 Å². The van der Waals surface area contributed by atoms with Crippen molar-refractivity contribution in [3.8, 4) is 0 Å². The van der Waals surface area contributed by atoms with E-state index in [4.69, 9.17) is 5.73 Å². The predicted octanol–water partition coefficient (Wildman–Crippen LogP) is 1.73. The number of nitrogens with zero attached hydrogens (tertiary/aromatic N) is 2. The molecule has 2 aromatic rings. The maximum atomic E-state index is 11.8. The number of amides is 1. The zero-order valence-corrected chi connectivity index (χ0v) is 15.5. The fourth-order valence-electron chi connectivity index (χ4n) is 4.51. The molecule has 0 aliphatic carbocycles. The zero-order chi connectivity index (χ0) is 18.6. The minimum atomic E-state index is -0.414. The molecule has 1 amide bonds. The molecule has 6 nitrogen and oxygen atoms in total. The molecule has 27 heavy (non-hydrogen) atoms. The molecule has 1 aromatic heterocycles. The summed E-state index contributed by atoms with van der Waals surface area (Å²) in [6.07, 6.45) is 5.08. The molecule has 4 N–H and O–H groups in total. The second kappa shape index (κ2) is 8.06. The second-order valence-corrected chi connectivity index (χ2v) is 7.59. The molecule has 0 radical (unpaired) electrons. The smallest absolute Gasteiger partial charge is 0.252 e. The number of carbonyl (C=O) groups excluding carboxylic acids is 1. The number of pyridine rings is 1. The zero-order valence-electron chi connectivity index (χ0n) is 15.5. The van der Waals surface area contributed by atoms with Gasteiger partial charge in [0.15, 0.2) is 0 Å². The Kier molecular flexibility index (Phi) is 5.36. The molecule has 1 aromatic carbocycles. The standard InChI is InChI=1S/C21H27N5O/c22-20(27)18-9-4-10-23-21(18)26-11-5-8-16(14-26)19-17(13-24-25-19)12-15-6-2-1-3-7-15/h1-4,6-7,9-10,16-17,19,24-25H,5,8,11-14H2,(H2,22,27). The molecule has 3 atom stereocenters. The van der Waals surface area contributed by atoms with E-state index in [1.165, 1.54) is 12.0 Å². The van der Waals surface area contributed by atoms with Crippen molar-refractivity contribution in [3.05, 3.63) is 59.8 Å². The number of carbonyl (C=O) groups is 1. The maximum Gasteiger partial charge on any atom is 0.252 e. The van der Waals surface area contributed by atoms with E-state index in [1.54, 1.807) is 18.3 Å². The Labute approximate surface area is 160 Å². The third-order valence-electron chi connectivity index (χ3n) is 5.80. The number of benzene rings is 1. The fraction of sp³-hybridized carbons (Fsp3) is 0.429. The van der Waals surface area contributed by atoms with Crippen LogP contribution in [0.5, 0.6) is 0 Å². The Bertz CT molecular complexity index is 781. The lowest BCUT2D eigenvalue weighted by atomic mass is 9.81. The van der Waals surface area contributed by atoms with Crippen molar-refractivity contribution < 1.29 is 4.79 Å². The van der Waals surface area contributed by atoms with E-state index in [-0.39, 0.29) is 0 Å². The molecule has 3 heterocycles. The number of nitrogens with two attached hydrogens (primary N) is 1. The van der Waals surface area contributed by atoms with Gasteiger partial charge in [0.05, 0.1) is 5.56 Å². The Morgan fingerprint density at radius 1 is 1.22 bits per heavy atom. The lowest BCUT2D eigenvalue weighted by molar-refractivity contribution is 0.1000. The summed E-state index contributed by atoms with van der Waals surface area (Å²) < 4.78 is 0. The molecular formula is C21H27N5O. The van der Waals surface area contributed by atoms with Crippen molar-refractivity contribution in [3.63, 3.8) is 0 Å². The van der Waals surface area contributed by atoms with E-state index in [1.807, 2.05) is 0 Å². The summed E-state index contributed by atoms with van der Waals surface area (Å²) in [6, 6.07) is 14.6. The van der Waals surface area contributed by atoms with Crippen LogP contribution in [0, 0.1) is 11.8 Å². The van der Waals surface area contributed by atoms with Crippen molar-refractivity contribution in [1.82, 2.24) is 15.8 Å². The highest BCUT2D eigenvalue weighted by Crippen LogP contribution is 2.30. The number of aromatic nitrogens is 1. The van der Waals surface area contributed by atoms with E-state index >= 15 is 0 Å². The van der Waals surface area contributed by atoms with Gasteiger partial charge in [0.25, 0.3) is 5.91 Å². The van der Waals surface area contributed by atoms with Gasteiger partial charge in [-0.3, -0.25) is 15.6 Å². The first-order valence-electron chi connectivity index (χ1n) is 9.74. The van der Waals surface area contributed by atoms with Crippen LogP contribution in [-0.2, 0) is 6.42 Å². The van der Waals surface area contributed by atoms with Gasteiger partial charge in [-0.25, -0.2) is 4.98 Å². The van der Waals surface area contributed by atoms with E-state index in [2.05, 4.69) is 51.1 Å². The number of primary amides is 1. The van der Waals surface area contributed by atoms with Gasteiger partial charge in [0, 0.05) is 31.9 Å². The van der Waals surface area contributed by atoms with Crippen LogP contribution >= 0.6 is 0 Å². The Hall–Kier alpha value is -2.44. The third-order valence-corrected chi connectivity index (χ3v) is 5.80. The van der Waals surface area contributed by atoms with Crippen molar-refractivity contribution in [1.29, 1.82) is 0 Å². The normalized spacial score (nSPS) is 25.5. The van der Waals surface area contributed by atoms with Gasteiger partial charge in [0.1, 0.15) is 5.82 Å². The van der Waals surface area contributed by atoms with Crippen LogP contribution in [0.4, 0.5) is 5.82 Å². The van der Waals surface area contributed by atoms with Crippen LogP contribution in [0.1, 0.15) is 28.8 Å². The Morgan fingerprint density at radius 2 is 2.07 bits per heavy atom. The first kappa shape index (κ1) is 17.9. The lowest BCUT2D eigenvalue weighted by Crippen LogP contribution is -2.47. The summed E-state index contributed by atoms with van der Waals surface area (Å²) in [4.78, 5) is 18.5. The number of hydrogen-bond acceptors (Lipinski definition) is 5. The SMILES string of the molecule is NC(=O)c1cccnc1N1CCCC(C2NNCC2Cc2ccccc2)C1. The van der Waals surface area contributed by atoms with Crippen LogP contribution in [0.25, 0.3) is 0 Å². The molecule has 4 rings (SSSR count). The quantitative estimate of drug-likeness (QED) is 0.752. The van der Waals surface area contributed by atoms with Crippen molar-refractivity contribution in [2.75, 3.05) is 24.5 Å². The van der Waals surface area contributed by atoms with Gasteiger partial charge in [0.2, 0.25) is 0 Å². The first-order chi connectivity index (χ1) is 13.2. The molecular weight excluding hydrogens is 338 g/mol. The van der Waals surface area contributed by atoms with Gasteiger partial charge in [-0.15, -0.1) is 0 Å². The molecule has 0 saturated carbocycles. The summed E-state index contributed by atoms with van der Waals surface area (Å²) in [5.74, 6) is 1.37. The van der Waals surface area contributed by atoms with Gasteiger partial charge >= 0.3 is 0 Å². The van der Waals surface area contributed by atoms with Crippen LogP contribution in [-0.4, -0.2) is 36.6 Å².